The lowest BCUT2D eigenvalue weighted by molar-refractivity contribution is -0.148. The number of ketones is 2. The highest BCUT2D eigenvalue weighted by Gasteiger charge is 2.34. The van der Waals surface area contributed by atoms with Crippen molar-refractivity contribution in [3.05, 3.63) is 64.7 Å². The summed E-state index contributed by atoms with van der Waals surface area (Å²) in [4.78, 5) is 40.3. The molecular weight excluding hydrogens is 342 g/mol. The van der Waals surface area contributed by atoms with Crippen molar-refractivity contribution in [2.75, 3.05) is 24.6 Å². The van der Waals surface area contributed by atoms with Crippen LogP contribution in [-0.2, 0) is 9.53 Å². The van der Waals surface area contributed by atoms with Crippen LogP contribution in [0.2, 0.25) is 0 Å². The minimum Gasteiger partial charge on any atom is -0.466 e. The number of hydrogen-bond acceptors (Lipinski definition) is 5. The normalized spacial score (nSPS) is 18.7. The lowest BCUT2D eigenvalue weighted by Gasteiger charge is -2.35. The van der Waals surface area contributed by atoms with Gasteiger partial charge in [-0.05, 0) is 25.8 Å². The van der Waals surface area contributed by atoms with E-state index < -0.39 is 0 Å². The van der Waals surface area contributed by atoms with E-state index in [4.69, 9.17) is 4.74 Å². The second-order valence-electron chi connectivity index (χ2n) is 6.94. The van der Waals surface area contributed by atoms with Gasteiger partial charge < -0.3 is 9.64 Å². The van der Waals surface area contributed by atoms with Gasteiger partial charge in [0, 0.05) is 35.5 Å². The first kappa shape index (κ1) is 17.5. The van der Waals surface area contributed by atoms with Gasteiger partial charge in [-0.1, -0.05) is 36.4 Å². The van der Waals surface area contributed by atoms with Crippen LogP contribution >= 0.6 is 0 Å². The van der Waals surface area contributed by atoms with Crippen LogP contribution in [0.4, 0.5) is 5.69 Å². The first-order valence-corrected chi connectivity index (χ1v) is 9.34. The Labute approximate surface area is 157 Å². The summed E-state index contributed by atoms with van der Waals surface area (Å²) in [5.74, 6) is -0.661. The third kappa shape index (κ3) is 2.93. The molecule has 1 atom stereocenters. The molecule has 1 fully saturated rings. The topological polar surface area (TPSA) is 63.7 Å². The van der Waals surface area contributed by atoms with Gasteiger partial charge in [0.05, 0.1) is 18.1 Å². The van der Waals surface area contributed by atoms with E-state index in [9.17, 15) is 14.4 Å². The van der Waals surface area contributed by atoms with E-state index in [0.717, 1.165) is 25.1 Å². The van der Waals surface area contributed by atoms with Crippen molar-refractivity contribution in [2.24, 2.45) is 5.92 Å². The lowest BCUT2D eigenvalue weighted by atomic mass is 9.82. The molecule has 0 radical (unpaired) electrons. The van der Waals surface area contributed by atoms with Crippen LogP contribution in [0.1, 0.15) is 51.6 Å². The van der Waals surface area contributed by atoms with Gasteiger partial charge in [0.15, 0.2) is 11.6 Å². The fraction of sp³-hybridized carbons (Fsp3) is 0.318. The van der Waals surface area contributed by atoms with Crippen LogP contribution in [0.3, 0.4) is 0 Å². The Morgan fingerprint density at radius 1 is 1.04 bits per heavy atom. The predicted octanol–water partition coefficient (Wildman–Crippen LogP) is 3.24. The molecule has 5 nitrogen and oxygen atoms in total. The van der Waals surface area contributed by atoms with Crippen molar-refractivity contribution in [3.63, 3.8) is 0 Å². The summed E-state index contributed by atoms with van der Waals surface area (Å²) in [5, 5.41) is 0. The Morgan fingerprint density at radius 2 is 1.74 bits per heavy atom. The third-order valence-electron chi connectivity index (χ3n) is 5.31. The van der Waals surface area contributed by atoms with Crippen molar-refractivity contribution < 1.29 is 19.1 Å². The molecule has 0 amide bonds. The molecule has 0 saturated carbocycles. The van der Waals surface area contributed by atoms with Crippen molar-refractivity contribution in [3.8, 4) is 0 Å². The van der Waals surface area contributed by atoms with Gasteiger partial charge in [0.1, 0.15) is 0 Å². The van der Waals surface area contributed by atoms with E-state index in [2.05, 4.69) is 0 Å². The zero-order valence-electron chi connectivity index (χ0n) is 15.2. The smallest absolute Gasteiger partial charge is 0.310 e. The van der Waals surface area contributed by atoms with Gasteiger partial charge in [-0.2, -0.15) is 0 Å². The second-order valence-corrected chi connectivity index (χ2v) is 6.94. The second kappa shape index (κ2) is 6.99. The Morgan fingerprint density at radius 3 is 2.48 bits per heavy atom. The van der Waals surface area contributed by atoms with E-state index in [1.807, 2.05) is 11.0 Å². The molecule has 0 aromatic heterocycles. The number of esters is 1. The summed E-state index contributed by atoms with van der Waals surface area (Å²) in [7, 11) is 0. The molecule has 1 aliphatic carbocycles. The maximum absolute atomic E-state index is 13.2. The summed E-state index contributed by atoms with van der Waals surface area (Å²) in [6.45, 7) is 3.40. The molecule has 4 rings (SSSR count). The molecule has 0 bridgehead atoms. The number of carbonyl (C=O) groups excluding carboxylic acids is 3. The first-order valence-electron chi connectivity index (χ1n) is 9.34. The fourth-order valence-electron chi connectivity index (χ4n) is 4.04. The largest absolute Gasteiger partial charge is 0.466 e. The van der Waals surface area contributed by atoms with Crippen LogP contribution in [0.5, 0.6) is 0 Å². The Bertz CT molecular complexity index is 934. The highest BCUT2D eigenvalue weighted by atomic mass is 16.5. The Kier molecular flexibility index (Phi) is 4.52. The highest BCUT2D eigenvalue weighted by molar-refractivity contribution is 6.30. The predicted molar refractivity (Wildman–Crippen MR) is 101 cm³/mol. The maximum Gasteiger partial charge on any atom is 0.310 e. The number of benzene rings is 2. The van der Waals surface area contributed by atoms with Crippen molar-refractivity contribution >= 4 is 23.2 Å². The zero-order valence-corrected chi connectivity index (χ0v) is 15.2. The standard InChI is InChI=1S/C22H21NO4/c1-2-27-22(26)14-7-6-12-23(13-14)18-11-5-10-17-19(18)21(25)16-9-4-3-8-15(16)20(17)24/h3-5,8-11,14H,2,6-7,12-13H2,1H3/t14-/m0/s1. The Hall–Kier alpha value is -2.95. The van der Waals surface area contributed by atoms with E-state index in [1.165, 1.54) is 0 Å². The molecule has 0 N–H and O–H groups in total. The molecule has 0 unspecified atom stereocenters. The number of piperidine rings is 1. The number of rotatable bonds is 3. The number of fused-ring (bicyclic) bond motifs is 2. The van der Waals surface area contributed by atoms with Gasteiger partial charge in [-0.3, -0.25) is 14.4 Å². The van der Waals surface area contributed by atoms with Crippen molar-refractivity contribution in [2.45, 2.75) is 19.8 Å². The summed E-state index contributed by atoms with van der Waals surface area (Å²) >= 11 is 0. The first-order chi connectivity index (χ1) is 13.1. The van der Waals surface area contributed by atoms with Crippen LogP contribution < -0.4 is 4.90 Å². The van der Waals surface area contributed by atoms with Crippen LogP contribution in [0.25, 0.3) is 0 Å². The summed E-state index contributed by atoms with van der Waals surface area (Å²) < 4.78 is 5.18. The molecule has 5 heteroatoms. The van der Waals surface area contributed by atoms with E-state index in [-0.39, 0.29) is 23.5 Å². The highest BCUT2D eigenvalue weighted by Crippen LogP contribution is 2.35. The average Bonchev–Trinajstić information content (AvgIpc) is 2.72. The molecule has 2 aromatic rings. The summed E-state index contributed by atoms with van der Waals surface area (Å²) in [6.07, 6.45) is 1.62. The quantitative estimate of drug-likeness (QED) is 0.669. The SMILES string of the molecule is CCOC(=O)[C@H]1CCCN(c2cccc3c2C(=O)c2ccccc2C3=O)C1. The van der Waals surface area contributed by atoms with Crippen LogP contribution in [0, 0.1) is 5.92 Å². The number of carbonyl (C=O) groups is 3. The van der Waals surface area contributed by atoms with Crippen molar-refractivity contribution in [1.82, 2.24) is 0 Å². The zero-order chi connectivity index (χ0) is 19.0. The van der Waals surface area contributed by atoms with E-state index in [0.29, 0.717) is 35.4 Å². The molecule has 1 saturated heterocycles. The molecule has 2 aliphatic rings. The van der Waals surface area contributed by atoms with Gasteiger partial charge in [-0.25, -0.2) is 0 Å². The molecule has 27 heavy (non-hydrogen) atoms. The number of anilines is 1. The van der Waals surface area contributed by atoms with Crippen LogP contribution in [-0.4, -0.2) is 37.2 Å². The fourth-order valence-corrected chi connectivity index (χ4v) is 4.04. The molecule has 0 spiro atoms. The van der Waals surface area contributed by atoms with Gasteiger partial charge >= 0.3 is 5.97 Å². The minimum atomic E-state index is -0.212. The summed E-state index contributed by atoms with van der Waals surface area (Å²) in [6, 6.07) is 12.3. The minimum absolute atomic E-state index is 0.124. The number of ether oxygens (including phenoxy) is 1. The van der Waals surface area contributed by atoms with Gasteiger partial charge in [0.25, 0.3) is 0 Å². The molecule has 2 aromatic carbocycles. The lowest BCUT2D eigenvalue weighted by Crippen LogP contribution is -2.40. The summed E-state index contributed by atoms with van der Waals surface area (Å²) in [5.41, 5.74) is 2.52. The molecule has 138 valence electrons. The number of nitrogens with zero attached hydrogens (tertiary/aromatic N) is 1. The van der Waals surface area contributed by atoms with Gasteiger partial charge in [-0.15, -0.1) is 0 Å². The Balaban J connectivity index is 1.73. The molecular formula is C22H21NO4. The molecule has 1 aliphatic heterocycles. The van der Waals surface area contributed by atoms with Gasteiger partial charge in [0.2, 0.25) is 0 Å². The van der Waals surface area contributed by atoms with E-state index >= 15 is 0 Å². The molecule has 1 heterocycles. The number of hydrogen-bond donors (Lipinski definition) is 0. The monoisotopic (exact) mass is 363 g/mol. The van der Waals surface area contributed by atoms with Crippen molar-refractivity contribution in [1.29, 1.82) is 0 Å². The third-order valence-corrected chi connectivity index (χ3v) is 5.31. The van der Waals surface area contributed by atoms with Crippen LogP contribution in [0.15, 0.2) is 42.5 Å². The average molecular weight is 363 g/mol. The maximum atomic E-state index is 13.2. The van der Waals surface area contributed by atoms with E-state index in [1.54, 1.807) is 43.3 Å².